The summed E-state index contributed by atoms with van der Waals surface area (Å²) in [6.45, 7) is 0. The molecule has 0 fully saturated rings. The highest BCUT2D eigenvalue weighted by Crippen LogP contribution is 2.35. The van der Waals surface area contributed by atoms with Crippen molar-refractivity contribution in [2.75, 3.05) is 0 Å². The average Bonchev–Trinajstić information content (AvgIpc) is 3.18. The number of hydrogen-bond donors (Lipinski definition) is 1. The molecule has 0 radical (unpaired) electrons. The maximum atomic E-state index is 4.81. The molecule has 0 aliphatic rings. The minimum atomic E-state index is 0.787. The molecule has 2 aromatic heterocycles. The molecule has 3 aromatic carbocycles. The molecule has 0 amide bonds. The van der Waals surface area contributed by atoms with Gasteiger partial charge < -0.3 is 4.98 Å². The van der Waals surface area contributed by atoms with E-state index in [1.54, 1.807) is 0 Å². The van der Waals surface area contributed by atoms with E-state index in [9.17, 15) is 0 Å². The molecule has 0 atom stereocenters. The maximum Gasteiger partial charge on any atom is 0.0532 e. The second-order valence-corrected chi connectivity index (χ2v) is 6.95. The van der Waals surface area contributed by atoms with Crippen LogP contribution in [0.15, 0.2) is 103 Å². The smallest absolute Gasteiger partial charge is 0.0532 e. The molecule has 2 heteroatoms. The van der Waals surface area contributed by atoms with Gasteiger partial charge in [0.2, 0.25) is 0 Å². The first-order valence-electron chi connectivity index (χ1n) is 9.54. The summed E-state index contributed by atoms with van der Waals surface area (Å²) in [4.78, 5) is 8.20. The van der Waals surface area contributed by atoms with Gasteiger partial charge in [0.25, 0.3) is 0 Å². The standard InChI is InChI=1S/C26H20N2/c1-3-9-19(10-4-1)23-15-16-27-25(26(23)20-11-5-2-6-12-20)17-21-18-28-24-14-8-7-13-22(21)24/h1-16,18,28H,17H2. The van der Waals surface area contributed by atoms with Crippen molar-refractivity contribution in [3.8, 4) is 22.3 Å². The molecule has 0 spiro atoms. The Hall–Kier alpha value is -3.65. The van der Waals surface area contributed by atoms with E-state index in [4.69, 9.17) is 4.98 Å². The molecule has 1 N–H and O–H groups in total. The van der Waals surface area contributed by atoms with Gasteiger partial charge in [-0.05, 0) is 34.4 Å². The minimum absolute atomic E-state index is 0.787. The van der Waals surface area contributed by atoms with E-state index < -0.39 is 0 Å². The highest BCUT2D eigenvalue weighted by molar-refractivity contribution is 5.87. The van der Waals surface area contributed by atoms with Gasteiger partial charge in [0, 0.05) is 35.3 Å². The van der Waals surface area contributed by atoms with Crippen LogP contribution in [0.3, 0.4) is 0 Å². The van der Waals surface area contributed by atoms with Crippen molar-refractivity contribution < 1.29 is 0 Å². The number of pyridine rings is 1. The van der Waals surface area contributed by atoms with E-state index in [0.29, 0.717) is 0 Å². The third-order valence-electron chi connectivity index (χ3n) is 5.21. The van der Waals surface area contributed by atoms with Gasteiger partial charge in [0.1, 0.15) is 0 Å². The van der Waals surface area contributed by atoms with Crippen LogP contribution in [0.25, 0.3) is 33.2 Å². The van der Waals surface area contributed by atoms with E-state index in [-0.39, 0.29) is 0 Å². The first-order valence-corrected chi connectivity index (χ1v) is 9.54. The Kier molecular flexibility index (Phi) is 4.23. The lowest BCUT2D eigenvalue weighted by Crippen LogP contribution is -1.98. The number of nitrogens with one attached hydrogen (secondary N) is 1. The first-order chi connectivity index (χ1) is 13.9. The first kappa shape index (κ1) is 16.5. The SMILES string of the molecule is c1ccc(-c2ccnc(Cc3c[nH]c4ccccc34)c2-c2ccccc2)cc1. The third kappa shape index (κ3) is 2.99. The van der Waals surface area contributed by atoms with Crippen LogP contribution in [0.5, 0.6) is 0 Å². The van der Waals surface area contributed by atoms with Crippen LogP contribution < -0.4 is 0 Å². The number of rotatable bonds is 4. The Bertz CT molecular complexity index is 1220. The van der Waals surface area contributed by atoms with Gasteiger partial charge in [-0.3, -0.25) is 4.98 Å². The molecule has 5 aromatic rings. The van der Waals surface area contributed by atoms with E-state index >= 15 is 0 Å². The maximum absolute atomic E-state index is 4.81. The molecule has 0 saturated carbocycles. The molecule has 28 heavy (non-hydrogen) atoms. The summed E-state index contributed by atoms with van der Waals surface area (Å²) in [6.07, 6.45) is 4.82. The van der Waals surface area contributed by atoms with E-state index in [1.807, 2.05) is 6.20 Å². The second kappa shape index (κ2) is 7.16. The van der Waals surface area contributed by atoms with E-state index in [2.05, 4.69) is 102 Å². The summed E-state index contributed by atoms with van der Waals surface area (Å²) in [6, 6.07) is 31.7. The van der Waals surface area contributed by atoms with Crippen LogP contribution in [-0.4, -0.2) is 9.97 Å². The Morgan fingerprint density at radius 1 is 0.679 bits per heavy atom. The zero-order valence-electron chi connectivity index (χ0n) is 15.5. The van der Waals surface area contributed by atoms with Crippen molar-refractivity contribution in [2.24, 2.45) is 0 Å². The lowest BCUT2D eigenvalue weighted by molar-refractivity contribution is 1.09. The van der Waals surface area contributed by atoms with Gasteiger partial charge in [0.15, 0.2) is 0 Å². The van der Waals surface area contributed by atoms with Gasteiger partial charge in [-0.1, -0.05) is 78.9 Å². The number of aromatic amines is 1. The van der Waals surface area contributed by atoms with Gasteiger partial charge in [-0.2, -0.15) is 0 Å². The molecule has 134 valence electrons. The number of aromatic nitrogens is 2. The highest BCUT2D eigenvalue weighted by atomic mass is 14.7. The van der Waals surface area contributed by atoms with Crippen molar-refractivity contribution in [1.29, 1.82) is 0 Å². The fourth-order valence-corrected chi connectivity index (χ4v) is 3.88. The van der Waals surface area contributed by atoms with Crippen LogP contribution in [0.2, 0.25) is 0 Å². The van der Waals surface area contributed by atoms with Crippen molar-refractivity contribution >= 4 is 10.9 Å². The van der Waals surface area contributed by atoms with Crippen molar-refractivity contribution in [2.45, 2.75) is 6.42 Å². The zero-order chi connectivity index (χ0) is 18.8. The second-order valence-electron chi connectivity index (χ2n) is 6.95. The van der Waals surface area contributed by atoms with Crippen LogP contribution in [0.1, 0.15) is 11.3 Å². The fraction of sp³-hybridized carbons (Fsp3) is 0.0385. The van der Waals surface area contributed by atoms with E-state index in [1.165, 1.54) is 33.2 Å². The largest absolute Gasteiger partial charge is 0.361 e. The minimum Gasteiger partial charge on any atom is -0.361 e. The average molecular weight is 360 g/mol. The Balaban J connectivity index is 1.70. The lowest BCUT2D eigenvalue weighted by Gasteiger charge is -2.15. The van der Waals surface area contributed by atoms with Gasteiger partial charge in [-0.15, -0.1) is 0 Å². The Labute approximate surface area is 164 Å². The van der Waals surface area contributed by atoms with Crippen LogP contribution in [-0.2, 0) is 6.42 Å². The molecular weight excluding hydrogens is 340 g/mol. The molecular formula is C26H20N2. The number of para-hydroxylation sites is 1. The van der Waals surface area contributed by atoms with Gasteiger partial charge in [-0.25, -0.2) is 0 Å². The summed E-state index contributed by atoms with van der Waals surface area (Å²) >= 11 is 0. The quantitative estimate of drug-likeness (QED) is 0.390. The number of hydrogen-bond acceptors (Lipinski definition) is 1. The Morgan fingerprint density at radius 3 is 2.14 bits per heavy atom. The molecule has 0 aliphatic carbocycles. The highest BCUT2D eigenvalue weighted by Gasteiger charge is 2.15. The lowest BCUT2D eigenvalue weighted by atomic mass is 9.91. The van der Waals surface area contributed by atoms with Crippen LogP contribution >= 0.6 is 0 Å². The topological polar surface area (TPSA) is 28.7 Å². The summed E-state index contributed by atoms with van der Waals surface area (Å²) < 4.78 is 0. The van der Waals surface area contributed by atoms with Crippen molar-refractivity contribution in [1.82, 2.24) is 9.97 Å². The zero-order valence-corrected chi connectivity index (χ0v) is 15.5. The molecule has 0 aliphatic heterocycles. The molecule has 2 heterocycles. The van der Waals surface area contributed by atoms with E-state index in [0.717, 1.165) is 17.6 Å². The predicted molar refractivity (Wildman–Crippen MR) is 116 cm³/mol. The van der Waals surface area contributed by atoms with Gasteiger partial charge >= 0.3 is 0 Å². The van der Waals surface area contributed by atoms with Gasteiger partial charge in [0.05, 0.1) is 5.69 Å². The molecule has 5 rings (SSSR count). The number of H-pyrrole nitrogens is 1. The van der Waals surface area contributed by atoms with Crippen LogP contribution in [0.4, 0.5) is 0 Å². The predicted octanol–water partition coefficient (Wildman–Crippen LogP) is 6.49. The fourth-order valence-electron chi connectivity index (χ4n) is 3.88. The molecule has 2 nitrogen and oxygen atoms in total. The monoisotopic (exact) mass is 360 g/mol. The Morgan fingerprint density at radius 2 is 1.36 bits per heavy atom. The molecule has 0 unspecified atom stereocenters. The third-order valence-corrected chi connectivity index (χ3v) is 5.21. The van der Waals surface area contributed by atoms with Crippen molar-refractivity contribution in [3.63, 3.8) is 0 Å². The summed E-state index contributed by atoms with van der Waals surface area (Å²) in [5, 5.41) is 1.26. The van der Waals surface area contributed by atoms with Crippen molar-refractivity contribution in [3.05, 3.63) is 115 Å². The number of nitrogens with zero attached hydrogens (tertiary/aromatic N) is 1. The molecule has 0 saturated heterocycles. The summed E-state index contributed by atoms with van der Waals surface area (Å²) in [5.74, 6) is 0. The van der Waals surface area contributed by atoms with Crippen LogP contribution in [0, 0.1) is 0 Å². The number of fused-ring (bicyclic) bond motifs is 1. The normalized spacial score (nSPS) is 11.0. The number of benzene rings is 3. The summed E-state index contributed by atoms with van der Waals surface area (Å²) in [7, 11) is 0. The molecule has 0 bridgehead atoms. The summed E-state index contributed by atoms with van der Waals surface area (Å²) in [5.41, 5.74) is 8.37.